The maximum absolute atomic E-state index is 6.12. The highest BCUT2D eigenvalue weighted by Gasteiger charge is 2.15. The molecule has 0 heterocycles. The highest BCUT2D eigenvalue weighted by molar-refractivity contribution is 6.35. The van der Waals surface area contributed by atoms with Gasteiger partial charge in [0.2, 0.25) is 0 Å². The van der Waals surface area contributed by atoms with Crippen LogP contribution in [0.5, 0.6) is 0 Å². The van der Waals surface area contributed by atoms with Crippen LogP contribution in [0.3, 0.4) is 0 Å². The Morgan fingerprint density at radius 2 is 2.00 bits per heavy atom. The summed E-state index contributed by atoms with van der Waals surface area (Å²) in [5, 5.41) is 1.41. The number of quaternary nitrogens is 1. The highest BCUT2D eigenvalue weighted by Crippen LogP contribution is 2.23. The van der Waals surface area contributed by atoms with Crippen LogP contribution in [0.25, 0.3) is 0 Å². The minimum atomic E-state index is 0.678. The zero-order valence-corrected chi connectivity index (χ0v) is 10.6. The molecule has 0 aliphatic rings. The standard InChI is InChI=1S/C12H16Cl2N/c1-4-7-15(2,3)9-10-5-6-11(13)8-12(10)14/h4-6,8H,1,7,9H2,2-3H3/q+1. The molecule has 0 atom stereocenters. The van der Waals surface area contributed by atoms with E-state index in [-0.39, 0.29) is 0 Å². The molecule has 0 saturated carbocycles. The number of nitrogens with zero attached hydrogens (tertiary/aromatic N) is 1. The number of likely N-dealkylation sites (N-methyl/N-ethyl adjacent to an activating group) is 1. The fourth-order valence-electron chi connectivity index (χ4n) is 1.53. The van der Waals surface area contributed by atoms with E-state index >= 15 is 0 Å². The minimum absolute atomic E-state index is 0.678. The Balaban J connectivity index is 2.84. The van der Waals surface area contributed by atoms with Crippen molar-refractivity contribution in [2.24, 2.45) is 0 Å². The zero-order chi connectivity index (χ0) is 11.5. The molecule has 0 unspecified atom stereocenters. The summed E-state index contributed by atoms with van der Waals surface area (Å²) in [6.07, 6.45) is 1.92. The van der Waals surface area contributed by atoms with Crippen LogP contribution < -0.4 is 0 Å². The van der Waals surface area contributed by atoms with Crippen LogP contribution in [0, 0.1) is 0 Å². The summed E-state index contributed by atoms with van der Waals surface area (Å²) in [5.41, 5.74) is 1.12. The van der Waals surface area contributed by atoms with Gasteiger partial charge >= 0.3 is 0 Å². The molecular formula is C12H16Cl2N+. The second kappa shape index (κ2) is 5.02. The van der Waals surface area contributed by atoms with Gasteiger partial charge in [-0.2, -0.15) is 0 Å². The van der Waals surface area contributed by atoms with Crippen LogP contribution in [0.2, 0.25) is 10.0 Å². The van der Waals surface area contributed by atoms with E-state index in [2.05, 4.69) is 20.7 Å². The molecule has 0 bridgehead atoms. The molecular weight excluding hydrogens is 229 g/mol. The van der Waals surface area contributed by atoms with Crippen molar-refractivity contribution in [2.45, 2.75) is 6.54 Å². The molecule has 1 aromatic carbocycles. The Morgan fingerprint density at radius 1 is 1.33 bits per heavy atom. The predicted octanol–water partition coefficient (Wildman–Crippen LogP) is 3.76. The van der Waals surface area contributed by atoms with Crippen molar-refractivity contribution in [1.29, 1.82) is 0 Å². The molecule has 0 radical (unpaired) electrons. The lowest BCUT2D eigenvalue weighted by Crippen LogP contribution is -2.38. The summed E-state index contributed by atoms with van der Waals surface area (Å²) >= 11 is 12.0. The third-order valence-electron chi connectivity index (χ3n) is 2.24. The molecule has 1 nitrogen and oxygen atoms in total. The Morgan fingerprint density at radius 3 is 2.53 bits per heavy atom. The van der Waals surface area contributed by atoms with Gasteiger partial charge in [-0.3, -0.25) is 0 Å². The molecule has 15 heavy (non-hydrogen) atoms. The van der Waals surface area contributed by atoms with E-state index in [9.17, 15) is 0 Å². The average molecular weight is 245 g/mol. The smallest absolute Gasteiger partial charge is 0.106 e. The molecule has 0 N–H and O–H groups in total. The second-order valence-electron chi connectivity index (χ2n) is 4.30. The Labute approximate surface area is 102 Å². The summed E-state index contributed by atoms with van der Waals surface area (Å²) in [7, 11) is 4.29. The van der Waals surface area contributed by atoms with E-state index in [1.54, 1.807) is 6.07 Å². The van der Waals surface area contributed by atoms with Crippen LogP contribution >= 0.6 is 23.2 Å². The molecule has 0 amide bonds. The molecule has 0 fully saturated rings. The van der Waals surface area contributed by atoms with E-state index in [4.69, 9.17) is 23.2 Å². The molecule has 0 spiro atoms. The molecule has 3 heteroatoms. The fourth-order valence-corrected chi connectivity index (χ4v) is 1.99. The lowest BCUT2D eigenvalue weighted by atomic mass is 10.2. The van der Waals surface area contributed by atoms with Crippen LogP contribution in [0.4, 0.5) is 0 Å². The lowest BCUT2D eigenvalue weighted by Gasteiger charge is -2.28. The van der Waals surface area contributed by atoms with Gasteiger partial charge in [0.05, 0.1) is 25.7 Å². The first kappa shape index (κ1) is 12.6. The minimum Gasteiger partial charge on any atom is -0.321 e. The van der Waals surface area contributed by atoms with Crippen molar-refractivity contribution in [2.75, 3.05) is 20.6 Å². The first-order valence-corrected chi connectivity index (χ1v) is 5.57. The maximum atomic E-state index is 6.12. The van der Waals surface area contributed by atoms with E-state index in [0.29, 0.717) is 5.02 Å². The van der Waals surface area contributed by atoms with E-state index < -0.39 is 0 Å². The van der Waals surface area contributed by atoms with Crippen molar-refractivity contribution < 1.29 is 4.48 Å². The monoisotopic (exact) mass is 244 g/mol. The molecule has 0 aliphatic heterocycles. The Kier molecular flexibility index (Phi) is 4.21. The van der Waals surface area contributed by atoms with E-state index in [1.807, 2.05) is 18.2 Å². The van der Waals surface area contributed by atoms with Gasteiger partial charge in [-0.25, -0.2) is 0 Å². The summed E-state index contributed by atoms with van der Waals surface area (Å²) in [6.45, 7) is 5.55. The van der Waals surface area contributed by atoms with Crippen molar-refractivity contribution >= 4 is 23.2 Å². The van der Waals surface area contributed by atoms with Gasteiger partial charge in [-0.15, -0.1) is 0 Å². The van der Waals surface area contributed by atoms with Gasteiger partial charge in [0.1, 0.15) is 6.54 Å². The van der Waals surface area contributed by atoms with Crippen molar-refractivity contribution in [3.05, 3.63) is 46.5 Å². The summed E-state index contributed by atoms with van der Waals surface area (Å²) in [5.74, 6) is 0. The number of hydrogen-bond donors (Lipinski definition) is 0. The van der Waals surface area contributed by atoms with Gasteiger partial charge in [-0.05, 0) is 18.2 Å². The fraction of sp³-hybridized carbons (Fsp3) is 0.333. The normalized spacial score (nSPS) is 11.5. The van der Waals surface area contributed by atoms with Crippen LogP contribution in [-0.2, 0) is 6.54 Å². The SMILES string of the molecule is C=CC[N+](C)(C)Cc1ccc(Cl)cc1Cl. The average Bonchev–Trinajstić information content (AvgIpc) is 2.09. The van der Waals surface area contributed by atoms with Crippen LogP contribution in [-0.4, -0.2) is 25.1 Å². The van der Waals surface area contributed by atoms with Gasteiger partial charge in [0.15, 0.2) is 0 Å². The number of benzene rings is 1. The van der Waals surface area contributed by atoms with Gasteiger partial charge in [0, 0.05) is 10.6 Å². The molecule has 82 valence electrons. The largest absolute Gasteiger partial charge is 0.321 e. The van der Waals surface area contributed by atoms with Crippen molar-refractivity contribution in [1.82, 2.24) is 0 Å². The van der Waals surface area contributed by atoms with E-state index in [0.717, 1.165) is 28.2 Å². The van der Waals surface area contributed by atoms with Gasteiger partial charge in [0.25, 0.3) is 0 Å². The number of halogens is 2. The quantitative estimate of drug-likeness (QED) is 0.559. The number of hydrogen-bond acceptors (Lipinski definition) is 0. The van der Waals surface area contributed by atoms with Crippen molar-refractivity contribution in [3.8, 4) is 0 Å². The summed E-state index contributed by atoms with van der Waals surface area (Å²) in [4.78, 5) is 0. The van der Waals surface area contributed by atoms with Gasteiger partial charge < -0.3 is 4.48 Å². The lowest BCUT2D eigenvalue weighted by molar-refractivity contribution is -0.897. The third kappa shape index (κ3) is 3.86. The first-order valence-electron chi connectivity index (χ1n) is 4.81. The first-order chi connectivity index (χ1) is 6.94. The number of rotatable bonds is 4. The molecule has 0 aliphatic carbocycles. The van der Waals surface area contributed by atoms with Crippen LogP contribution in [0.15, 0.2) is 30.9 Å². The van der Waals surface area contributed by atoms with Crippen LogP contribution in [0.1, 0.15) is 5.56 Å². The second-order valence-corrected chi connectivity index (χ2v) is 5.14. The Hall–Kier alpha value is -0.500. The van der Waals surface area contributed by atoms with Crippen molar-refractivity contribution in [3.63, 3.8) is 0 Å². The molecule has 1 aromatic rings. The molecule has 1 rings (SSSR count). The maximum Gasteiger partial charge on any atom is 0.106 e. The Bertz CT molecular complexity index is 359. The predicted molar refractivity (Wildman–Crippen MR) is 67.3 cm³/mol. The molecule has 0 aromatic heterocycles. The van der Waals surface area contributed by atoms with E-state index in [1.165, 1.54) is 0 Å². The topological polar surface area (TPSA) is 0 Å². The zero-order valence-electron chi connectivity index (χ0n) is 9.13. The third-order valence-corrected chi connectivity index (χ3v) is 2.82. The van der Waals surface area contributed by atoms with Gasteiger partial charge in [-0.1, -0.05) is 35.8 Å². The highest BCUT2D eigenvalue weighted by atomic mass is 35.5. The summed E-state index contributed by atoms with van der Waals surface area (Å²) in [6, 6.07) is 5.64. The molecule has 0 saturated heterocycles. The summed E-state index contributed by atoms with van der Waals surface area (Å²) < 4.78 is 0.838.